The molecule has 1 rings (SSSR count). The number of oxime groups is 1. The maximum Gasteiger partial charge on any atom is 0.306 e. The summed E-state index contributed by atoms with van der Waals surface area (Å²) in [6.45, 7) is 5.70. The summed E-state index contributed by atoms with van der Waals surface area (Å²) in [7, 11) is 0. The zero-order valence-electron chi connectivity index (χ0n) is 13.1. The molecular formula is C16H22N2O4. The fourth-order valence-electron chi connectivity index (χ4n) is 1.75. The second kappa shape index (κ2) is 8.17. The van der Waals surface area contributed by atoms with E-state index in [0.29, 0.717) is 6.54 Å². The molecule has 6 nitrogen and oxygen atoms in total. The quantitative estimate of drug-likeness (QED) is 0.365. The average molecular weight is 306 g/mol. The maximum atomic E-state index is 11.7. The molecule has 0 aliphatic heterocycles. The minimum atomic E-state index is -0.539. The van der Waals surface area contributed by atoms with Crippen LogP contribution in [0.4, 0.5) is 0 Å². The number of hydrogen-bond donors (Lipinski definition) is 2. The molecule has 6 heteroatoms. The molecule has 0 aliphatic carbocycles. The predicted octanol–water partition coefficient (Wildman–Crippen LogP) is 2.23. The number of esters is 1. The van der Waals surface area contributed by atoms with E-state index in [2.05, 4.69) is 10.5 Å². The van der Waals surface area contributed by atoms with Crippen LogP contribution in [0.5, 0.6) is 0 Å². The number of hydrogen-bond acceptors (Lipinski definition) is 5. The first-order valence-corrected chi connectivity index (χ1v) is 7.05. The number of nitrogens with zero attached hydrogens (tertiary/aromatic N) is 1. The maximum absolute atomic E-state index is 11.7. The third kappa shape index (κ3) is 7.42. The molecule has 1 aromatic rings. The lowest BCUT2D eigenvalue weighted by atomic mass is 10.1. The van der Waals surface area contributed by atoms with Crippen LogP contribution in [0, 0.1) is 0 Å². The van der Waals surface area contributed by atoms with Gasteiger partial charge in [0, 0.05) is 13.0 Å². The van der Waals surface area contributed by atoms with Crippen molar-refractivity contribution in [3.8, 4) is 0 Å². The highest BCUT2D eigenvalue weighted by Crippen LogP contribution is 2.09. The highest BCUT2D eigenvalue weighted by atomic mass is 16.6. The summed E-state index contributed by atoms with van der Waals surface area (Å²) in [4.78, 5) is 23.2. The average Bonchev–Trinajstić information content (AvgIpc) is 2.42. The van der Waals surface area contributed by atoms with Crippen molar-refractivity contribution < 1.29 is 19.5 Å². The summed E-state index contributed by atoms with van der Waals surface area (Å²) in [5, 5.41) is 14.2. The van der Waals surface area contributed by atoms with Gasteiger partial charge >= 0.3 is 5.97 Å². The minimum Gasteiger partial charge on any atom is -0.460 e. The Hall–Kier alpha value is -2.37. The molecule has 0 radical (unpaired) electrons. The Bertz CT molecular complexity index is 547. The summed E-state index contributed by atoms with van der Waals surface area (Å²) in [6, 6.07) is 7.24. The van der Waals surface area contributed by atoms with E-state index < -0.39 is 5.60 Å². The van der Waals surface area contributed by atoms with Gasteiger partial charge in [0.25, 0.3) is 0 Å². The van der Waals surface area contributed by atoms with Crippen LogP contribution < -0.4 is 5.32 Å². The Morgan fingerprint density at radius 2 is 2.05 bits per heavy atom. The van der Waals surface area contributed by atoms with Gasteiger partial charge in [-0.15, -0.1) is 0 Å². The lowest BCUT2D eigenvalue weighted by molar-refractivity contribution is -0.155. The van der Waals surface area contributed by atoms with Gasteiger partial charge in [0.15, 0.2) is 0 Å². The van der Waals surface area contributed by atoms with E-state index in [0.717, 1.165) is 11.1 Å². The van der Waals surface area contributed by atoms with Gasteiger partial charge in [0.05, 0.1) is 12.6 Å². The van der Waals surface area contributed by atoms with Crippen molar-refractivity contribution in [1.82, 2.24) is 5.32 Å². The lowest BCUT2D eigenvalue weighted by Gasteiger charge is -2.19. The van der Waals surface area contributed by atoms with E-state index in [-0.39, 0.29) is 24.7 Å². The molecular weight excluding hydrogens is 284 g/mol. The molecule has 1 aromatic carbocycles. The Labute approximate surface area is 130 Å². The van der Waals surface area contributed by atoms with Gasteiger partial charge in [-0.25, -0.2) is 0 Å². The summed E-state index contributed by atoms with van der Waals surface area (Å²) >= 11 is 0. The summed E-state index contributed by atoms with van der Waals surface area (Å²) in [6.07, 6.45) is 1.46. The van der Waals surface area contributed by atoms with E-state index in [9.17, 15) is 9.59 Å². The van der Waals surface area contributed by atoms with Crippen molar-refractivity contribution in [2.24, 2.45) is 5.16 Å². The number of ether oxygens (including phenoxy) is 1. The number of carbonyl (C=O) groups excluding carboxylic acids is 2. The molecule has 0 bridgehead atoms. The third-order valence-corrected chi connectivity index (χ3v) is 2.62. The summed E-state index contributed by atoms with van der Waals surface area (Å²) in [5.41, 5.74) is 1.08. The fourth-order valence-corrected chi connectivity index (χ4v) is 1.75. The topological polar surface area (TPSA) is 88.0 Å². The SMILES string of the molecule is CC(C)(C)OC(=O)CCC(=O)NCc1cccc(/C=N\O)c1. The van der Waals surface area contributed by atoms with Gasteiger partial charge in [-0.05, 0) is 38.0 Å². The van der Waals surface area contributed by atoms with Crippen molar-refractivity contribution in [2.45, 2.75) is 45.8 Å². The van der Waals surface area contributed by atoms with Crippen LogP contribution in [-0.4, -0.2) is 28.9 Å². The van der Waals surface area contributed by atoms with Crippen molar-refractivity contribution in [2.75, 3.05) is 0 Å². The van der Waals surface area contributed by atoms with E-state index in [1.165, 1.54) is 6.21 Å². The summed E-state index contributed by atoms with van der Waals surface area (Å²) in [5.74, 6) is -0.601. The molecule has 0 spiro atoms. The zero-order valence-corrected chi connectivity index (χ0v) is 13.1. The van der Waals surface area contributed by atoms with Crippen LogP contribution in [0.15, 0.2) is 29.4 Å². The Morgan fingerprint density at radius 3 is 2.68 bits per heavy atom. The largest absolute Gasteiger partial charge is 0.460 e. The van der Waals surface area contributed by atoms with Crippen molar-refractivity contribution in [1.29, 1.82) is 0 Å². The zero-order chi connectivity index (χ0) is 16.6. The molecule has 22 heavy (non-hydrogen) atoms. The second-order valence-electron chi connectivity index (χ2n) is 5.85. The normalized spacial score (nSPS) is 11.4. The van der Waals surface area contributed by atoms with E-state index in [1.807, 2.05) is 6.07 Å². The van der Waals surface area contributed by atoms with Gasteiger partial charge in [0.1, 0.15) is 5.60 Å². The van der Waals surface area contributed by atoms with Gasteiger partial charge in [-0.2, -0.15) is 0 Å². The molecule has 2 N–H and O–H groups in total. The molecule has 0 atom stereocenters. The smallest absolute Gasteiger partial charge is 0.306 e. The molecule has 120 valence electrons. The summed E-state index contributed by atoms with van der Waals surface area (Å²) < 4.78 is 5.14. The number of nitrogens with one attached hydrogen (secondary N) is 1. The molecule has 0 fully saturated rings. The van der Waals surface area contributed by atoms with Crippen LogP contribution in [0.1, 0.15) is 44.7 Å². The first kappa shape index (κ1) is 17.7. The number of rotatable bonds is 6. The molecule has 0 aliphatic rings. The monoisotopic (exact) mass is 306 g/mol. The Morgan fingerprint density at radius 1 is 1.32 bits per heavy atom. The molecule has 1 amide bonds. The Kier molecular flexibility index (Phi) is 6.56. The van der Waals surface area contributed by atoms with Crippen LogP contribution in [0.25, 0.3) is 0 Å². The van der Waals surface area contributed by atoms with Crippen molar-refractivity contribution >= 4 is 18.1 Å². The molecule has 0 heterocycles. The standard InChI is InChI=1S/C16H22N2O4/c1-16(2,3)22-15(20)8-7-14(19)17-10-12-5-4-6-13(9-12)11-18-21/h4-6,9,11,21H,7-8,10H2,1-3H3,(H,17,19)/b18-11-. The molecule has 0 unspecified atom stereocenters. The van der Waals surface area contributed by atoms with Gasteiger partial charge in [0.2, 0.25) is 5.91 Å². The van der Waals surface area contributed by atoms with Crippen LogP contribution >= 0.6 is 0 Å². The fraction of sp³-hybridized carbons (Fsp3) is 0.438. The first-order chi connectivity index (χ1) is 10.3. The van der Waals surface area contributed by atoms with E-state index in [4.69, 9.17) is 9.94 Å². The van der Waals surface area contributed by atoms with Crippen molar-refractivity contribution in [3.63, 3.8) is 0 Å². The number of amides is 1. The first-order valence-electron chi connectivity index (χ1n) is 7.05. The van der Waals surface area contributed by atoms with E-state index >= 15 is 0 Å². The van der Waals surface area contributed by atoms with Gasteiger partial charge in [-0.1, -0.05) is 23.4 Å². The third-order valence-electron chi connectivity index (χ3n) is 2.62. The van der Waals surface area contributed by atoms with Gasteiger partial charge in [-0.3, -0.25) is 9.59 Å². The number of benzene rings is 1. The predicted molar refractivity (Wildman–Crippen MR) is 82.7 cm³/mol. The second-order valence-corrected chi connectivity index (χ2v) is 5.85. The van der Waals surface area contributed by atoms with Crippen LogP contribution in [0.3, 0.4) is 0 Å². The minimum absolute atomic E-state index is 0.0559. The van der Waals surface area contributed by atoms with Crippen LogP contribution in [-0.2, 0) is 20.9 Å². The molecule has 0 saturated heterocycles. The molecule has 0 saturated carbocycles. The number of carbonyl (C=O) groups is 2. The highest BCUT2D eigenvalue weighted by Gasteiger charge is 2.16. The van der Waals surface area contributed by atoms with Crippen molar-refractivity contribution in [3.05, 3.63) is 35.4 Å². The molecule has 0 aromatic heterocycles. The highest BCUT2D eigenvalue weighted by molar-refractivity contribution is 5.81. The van der Waals surface area contributed by atoms with Gasteiger partial charge < -0.3 is 15.3 Å². The van der Waals surface area contributed by atoms with Crippen LogP contribution in [0.2, 0.25) is 0 Å². The lowest BCUT2D eigenvalue weighted by Crippen LogP contribution is -2.27. The van der Waals surface area contributed by atoms with E-state index in [1.54, 1.807) is 39.0 Å². The Balaban J connectivity index is 2.37.